The molecule has 2 aromatic rings. The van der Waals surface area contributed by atoms with Crippen molar-refractivity contribution in [2.45, 2.75) is 27.7 Å². The van der Waals surface area contributed by atoms with Crippen LogP contribution in [0, 0.1) is 27.7 Å². The van der Waals surface area contributed by atoms with Gasteiger partial charge in [0.2, 0.25) is 0 Å². The molecule has 1 aromatic heterocycles. The van der Waals surface area contributed by atoms with Gasteiger partial charge in [-0.25, -0.2) is 0 Å². The molecule has 1 amide bonds. The Morgan fingerprint density at radius 1 is 1.11 bits per heavy atom. The third kappa shape index (κ3) is 2.81. The van der Waals surface area contributed by atoms with E-state index in [1.807, 2.05) is 45.9 Å². The van der Waals surface area contributed by atoms with Crippen LogP contribution in [-0.4, -0.2) is 10.9 Å². The van der Waals surface area contributed by atoms with Crippen LogP contribution < -0.4 is 5.32 Å². The zero-order valence-electron chi connectivity index (χ0n) is 11.7. The Balaban J connectivity index is 2.31. The highest BCUT2D eigenvalue weighted by molar-refractivity contribution is 6.05. The maximum atomic E-state index is 12.3. The topological polar surface area (TPSA) is 42.0 Å². The Labute approximate surface area is 113 Å². The van der Waals surface area contributed by atoms with E-state index in [9.17, 15) is 4.79 Å². The van der Waals surface area contributed by atoms with E-state index in [0.717, 1.165) is 28.1 Å². The maximum Gasteiger partial charge on any atom is 0.256 e. The van der Waals surface area contributed by atoms with Crippen LogP contribution in [0.2, 0.25) is 0 Å². The first-order valence-electron chi connectivity index (χ1n) is 6.30. The average molecular weight is 254 g/mol. The lowest BCUT2D eigenvalue weighted by Gasteiger charge is -2.11. The zero-order valence-corrected chi connectivity index (χ0v) is 11.7. The number of rotatable bonds is 2. The van der Waals surface area contributed by atoms with E-state index in [4.69, 9.17) is 0 Å². The smallest absolute Gasteiger partial charge is 0.256 e. The molecule has 3 heteroatoms. The van der Waals surface area contributed by atoms with Gasteiger partial charge in [0.15, 0.2) is 0 Å². The number of hydrogen-bond donors (Lipinski definition) is 1. The summed E-state index contributed by atoms with van der Waals surface area (Å²) in [6, 6.07) is 7.78. The van der Waals surface area contributed by atoms with E-state index in [0.29, 0.717) is 5.56 Å². The molecule has 1 N–H and O–H groups in total. The van der Waals surface area contributed by atoms with Crippen LogP contribution in [0.1, 0.15) is 32.7 Å². The number of carbonyl (C=O) groups excluding carboxylic acids is 1. The minimum absolute atomic E-state index is 0.0864. The third-order valence-electron chi connectivity index (χ3n) is 3.34. The van der Waals surface area contributed by atoms with E-state index in [1.165, 1.54) is 0 Å². The van der Waals surface area contributed by atoms with Gasteiger partial charge in [0.05, 0.1) is 0 Å². The highest BCUT2D eigenvalue weighted by Gasteiger charge is 2.12. The van der Waals surface area contributed by atoms with Gasteiger partial charge in [0.1, 0.15) is 0 Å². The van der Waals surface area contributed by atoms with Crippen molar-refractivity contribution in [2.75, 3.05) is 5.32 Å². The monoisotopic (exact) mass is 254 g/mol. The predicted octanol–water partition coefficient (Wildman–Crippen LogP) is 3.57. The predicted molar refractivity (Wildman–Crippen MR) is 77.6 cm³/mol. The molecule has 19 heavy (non-hydrogen) atoms. The van der Waals surface area contributed by atoms with Crippen LogP contribution >= 0.6 is 0 Å². The summed E-state index contributed by atoms with van der Waals surface area (Å²) in [6.07, 6.45) is 1.67. The van der Waals surface area contributed by atoms with Crippen LogP contribution in [-0.2, 0) is 0 Å². The third-order valence-corrected chi connectivity index (χ3v) is 3.34. The fraction of sp³-hybridized carbons (Fsp3) is 0.250. The van der Waals surface area contributed by atoms with Gasteiger partial charge in [0.25, 0.3) is 5.91 Å². The van der Waals surface area contributed by atoms with Gasteiger partial charge in [-0.1, -0.05) is 12.1 Å². The second kappa shape index (κ2) is 5.22. The number of anilines is 1. The molecule has 3 nitrogen and oxygen atoms in total. The molecule has 98 valence electrons. The van der Waals surface area contributed by atoms with E-state index in [1.54, 1.807) is 12.3 Å². The van der Waals surface area contributed by atoms with Crippen LogP contribution in [0.25, 0.3) is 0 Å². The second-order valence-corrected chi connectivity index (χ2v) is 4.84. The van der Waals surface area contributed by atoms with Crippen LogP contribution in [0.15, 0.2) is 30.5 Å². The lowest BCUT2D eigenvalue weighted by Crippen LogP contribution is -2.15. The number of aryl methyl sites for hydroxylation is 3. The summed E-state index contributed by atoms with van der Waals surface area (Å²) in [5.41, 5.74) is 5.53. The Bertz CT molecular complexity index is 633. The van der Waals surface area contributed by atoms with E-state index < -0.39 is 0 Å². The quantitative estimate of drug-likeness (QED) is 0.890. The average Bonchev–Trinajstić information content (AvgIpc) is 2.37. The standard InChI is InChI=1S/C16H18N2O/c1-10-5-6-11(2)15(9-10)18-16(19)14-7-8-17-13(4)12(14)3/h5-9H,1-4H3,(H,18,19). The summed E-state index contributed by atoms with van der Waals surface area (Å²) in [7, 11) is 0. The largest absolute Gasteiger partial charge is 0.322 e. The van der Waals surface area contributed by atoms with Gasteiger partial charge in [-0.15, -0.1) is 0 Å². The summed E-state index contributed by atoms with van der Waals surface area (Å²) >= 11 is 0. The zero-order chi connectivity index (χ0) is 14.0. The molecule has 0 saturated carbocycles. The lowest BCUT2D eigenvalue weighted by atomic mass is 10.1. The van der Waals surface area contributed by atoms with Crippen molar-refractivity contribution >= 4 is 11.6 Å². The molecule has 0 bridgehead atoms. The normalized spacial score (nSPS) is 10.3. The SMILES string of the molecule is Cc1ccc(C)c(NC(=O)c2ccnc(C)c2C)c1. The molecule has 0 atom stereocenters. The van der Waals surface area contributed by atoms with Gasteiger partial charge in [0, 0.05) is 23.1 Å². The van der Waals surface area contributed by atoms with Crippen molar-refractivity contribution in [3.8, 4) is 0 Å². The molecule has 1 heterocycles. The molecule has 1 aromatic carbocycles. The summed E-state index contributed by atoms with van der Waals surface area (Å²) in [4.78, 5) is 16.5. The fourth-order valence-electron chi connectivity index (χ4n) is 1.95. The molecule has 2 rings (SSSR count). The molecule has 0 radical (unpaired) electrons. The van der Waals surface area contributed by atoms with Crippen LogP contribution in [0.5, 0.6) is 0 Å². The molecule has 0 aliphatic heterocycles. The number of pyridine rings is 1. The van der Waals surface area contributed by atoms with Gasteiger partial charge < -0.3 is 5.32 Å². The molecule has 0 aliphatic rings. The van der Waals surface area contributed by atoms with E-state index in [-0.39, 0.29) is 5.91 Å². The van der Waals surface area contributed by atoms with Crippen molar-refractivity contribution in [1.29, 1.82) is 0 Å². The van der Waals surface area contributed by atoms with Crippen LogP contribution in [0.4, 0.5) is 5.69 Å². The van der Waals surface area contributed by atoms with Crippen molar-refractivity contribution < 1.29 is 4.79 Å². The molecule has 0 saturated heterocycles. The first-order chi connectivity index (χ1) is 8.99. The van der Waals surface area contributed by atoms with Crippen molar-refractivity contribution in [3.63, 3.8) is 0 Å². The number of carbonyl (C=O) groups is 1. The van der Waals surface area contributed by atoms with Crippen molar-refractivity contribution in [2.24, 2.45) is 0 Å². The Kier molecular flexibility index (Phi) is 3.65. The first kappa shape index (κ1) is 13.3. The van der Waals surface area contributed by atoms with E-state index >= 15 is 0 Å². The lowest BCUT2D eigenvalue weighted by molar-refractivity contribution is 0.102. The number of benzene rings is 1. The number of aromatic nitrogens is 1. The van der Waals surface area contributed by atoms with Crippen molar-refractivity contribution in [3.05, 3.63) is 58.4 Å². The molecule has 0 fully saturated rings. The highest BCUT2D eigenvalue weighted by Crippen LogP contribution is 2.18. The van der Waals surface area contributed by atoms with Gasteiger partial charge in [-0.2, -0.15) is 0 Å². The van der Waals surface area contributed by atoms with Gasteiger partial charge in [-0.3, -0.25) is 9.78 Å². The first-order valence-corrected chi connectivity index (χ1v) is 6.30. The molecular weight excluding hydrogens is 236 g/mol. The highest BCUT2D eigenvalue weighted by atomic mass is 16.1. The number of nitrogens with one attached hydrogen (secondary N) is 1. The fourth-order valence-corrected chi connectivity index (χ4v) is 1.95. The van der Waals surface area contributed by atoms with Gasteiger partial charge in [-0.05, 0) is 56.5 Å². The van der Waals surface area contributed by atoms with Gasteiger partial charge >= 0.3 is 0 Å². The minimum atomic E-state index is -0.0864. The summed E-state index contributed by atoms with van der Waals surface area (Å²) in [5, 5.41) is 2.97. The molecular formula is C16H18N2O. The number of nitrogens with zero attached hydrogens (tertiary/aromatic N) is 1. The Hall–Kier alpha value is -2.16. The van der Waals surface area contributed by atoms with E-state index in [2.05, 4.69) is 10.3 Å². The summed E-state index contributed by atoms with van der Waals surface area (Å²) in [6.45, 7) is 7.82. The molecule has 0 unspecified atom stereocenters. The number of amides is 1. The Morgan fingerprint density at radius 3 is 2.58 bits per heavy atom. The second-order valence-electron chi connectivity index (χ2n) is 4.84. The molecule has 0 aliphatic carbocycles. The van der Waals surface area contributed by atoms with Crippen molar-refractivity contribution in [1.82, 2.24) is 4.98 Å². The minimum Gasteiger partial charge on any atom is -0.322 e. The molecule has 0 spiro atoms. The summed E-state index contributed by atoms with van der Waals surface area (Å²) < 4.78 is 0. The Morgan fingerprint density at radius 2 is 1.84 bits per heavy atom. The maximum absolute atomic E-state index is 12.3. The van der Waals surface area contributed by atoms with Crippen LogP contribution in [0.3, 0.4) is 0 Å². The number of hydrogen-bond acceptors (Lipinski definition) is 2. The summed E-state index contributed by atoms with van der Waals surface area (Å²) in [5.74, 6) is -0.0864.